The van der Waals surface area contributed by atoms with Gasteiger partial charge in [-0.25, -0.2) is 12.8 Å². The van der Waals surface area contributed by atoms with Crippen molar-refractivity contribution >= 4 is 27.5 Å². The highest BCUT2D eigenvalue weighted by Gasteiger charge is 2.33. The Morgan fingerprint density at radius 3 is 2.05 bits per heavy atom. The van der Waals surface area contributed by atoms with Crippen LogP contribution in [0.5, 0.6) is 11.5 Å². The summed E-state index contributed by atoms with van der Waals surface area (Å²) < 4.78 is 53.1. The third kappa shape index (κ3) is 8.22. The number of benzene rings is 3. The molecule has 0 aliphatic heterocycles. The molecule has 226 valence electrons. The van der Waals surface area contributed by atoms with Gasteiger partial charge in [0.1, 0.15) is 29.9 Å². The van der Waals surface area contributed by atoms with Gasteiger partial charge in [0.25, 0.3) is 10.0 Å². The highest BCUT2D eigenvalue weighted by atomic mass is 32.2. The minimum atomic E-state index is -4.29. The molecular formula is C31H38FN3O6S. The first-order valence-corrected chi connectivity index (χ1v) is 15.2. The summed E-state index contributed by atoms with van der Waals surface area (Å²) in [5.41, 5.74) is 0.815. The molecule has 2 amide bonds. The summed E-state index contributed by atoms with van der Waals surface area (Å²) in [5, 5.41) is 2.89. The van der Waals surface area contributed by atoms with Crippen LogP contribution in [0, 0.1) is 5.82 Å². The molecule has 3 aromatic carbocycles. The van der Waals surface area contributed by atoms with Crippen LogP contribution in [0.15, 0.2) is 77.7 Å². The predicted molar refractivity (Wildman–Crippen MR) is 159 cm³/mol. The topological polar surface area (TPSA) is 105 Å². The summed E-state index contributed by atoms with van der Waals surface area (Å²) in [6.45, 7) is 7.03. The zero-order valence-corrected chi connectivity index (χ0v) is 25.4. The molecular weight excluding hydrogens is 561 g/mol. The van der Waals surface area contributed by atoms with Crippen molar-refractivity contribution in [2.45, 2.75) is 57.6 Å². The lowest BCUT2D eigenvalue weighted by molar-refractivity contribution is -0.139. The number of hydrogen-bond donors (Lipinski definition) is 1. The zero-order chi connectivity index (χ0) is 30.9. The highest BCUT2D eigenvalue weighted by Crippen LogP contribution is 2.26. The van der Waals surface area contributed by atoms with Crippen LogP contribution in [-0.4, -0.2) is 57.5 Å². The van der Waals surface area contributed by atoms with E-state index < -0.39 is 34.3 Å². The number of nitrogens with one attached hydrogen (secondary N) is 1. The van der Waals surface area contributed by atoms with Crippen LogP contribution in [0.1, 0.15) is 39.7 Å². The van der Waals surface area contributed by atoms with Gasteiger partial charge in [0, 0.05) is 12.6 Å². The first-order valence-electron chi connectivity index (χ1n) is 13.7. The monoisotopic (exact) mass is 599 g/mol. The van der Waals surface area contributed by atoms with Crippen molar-refractivity contribution in [1.29, 1.82) is 0 Å². The maximum absolute atomic E-state index is 14.0. The first-order chi connectivity index (χ1) is 20.0. The minimum Gasteiger partial charge on any atom is -0.497 e. The average molecular weight is 600 g/mol. The van der Waals surface area contributed by atoms with Gasteiger partial charge < -0.3 is 19.7 Å². The van der Waals surface area contributed by atoms with E-state index in [1.807, 2.05) is 20.8 Å². The molecule has 3 rings (SSSR count). The normalized spacial score (nSPS) is 12.6. The number of carbonyl (C=O) groups excluding carboxylic acids is 2. The number of methoxy groups -OCH3 is 1. The van der Waals surface area contributed by atoms with Gasteiger partial charge in [0.15, 0.2) is 0 Å². The van der Waals surface area contributed by atoms with Crippen molar-refractivity contribution in [2.75, 3.05) is 24.6 Å². The first kappa shape index (κ1) is 32.4. The van der Waals surface area contributed by atoms with Crippen molar-refractivity contribution in [3.05, 3.63) is 84.2 Å². The third-order valence-electron chi connectivity index (χ3n) is 6.80. The number of anilines is 1. The molecule has 11 heteroatoms. The summed E-state index contributed by atoms with van der Waals surface area (Å²) >= 11 is 0. The van der Waals surface area contributed by atoms with Crippen LogP contribution in [0.3, 0.4) is 0 Å². The molecule has 0 heterocycles. The molecule has 42 heavy (non-hydrogen) atoms. The molecule has 0 saturated carbocycles. The van der Waals surface area contributed by atoms with Crippen LogP contribution in [0.25, 0.3) is 0 Å². The van der Waals surface area contributed by atoms with E-state index in [-0.39, 0.29) is 29.1 Å². The van der Waals surface area contributed by atoms with Gasteiger partial charge in [0.05, 0.1) is 24.3 Å². The Hall–Kier alpha value is -4.12. The number of sulfonamides is 1. The molecule has 0 spiro atoms. The Bertz CT molecular complexity index is 1430. The molecule has 1 N–H and O–H groups in total. The molecule has 0 aromatic heterocycles. The van der Waals surface area contributed by atoms with Gasteiger partial charge >= 0.3 is 0 Å². The van der Waals surface area contributed by atoms with Crippen LogP contribution >= 0.6 is 0 Å². The number of halogens is 1. The standard InChI is InChI=1S/C31H38FN3O6S/c1-6-22(3)33-31(37)23(4)34(20-24-8-14-27(40-5)15-9-24)30(36)21-35(26-12-10-25(32)11-13-26)42(38,39)29-18-16-28(17-19-29)41-7-2/h8-19,22-23H,6-7,20-21H2,1-5H3,(H,33,37)/t22-,23+/m1/s1. The molecule has 0 aliphatic carbocycles. The van der Waals surface area contributed by atoms with Gasteiger partial charge in [0.2, 0.25) is 11.8 Å². The predicted octanol–water partition coefficient (Wildman–Crippen LogP) is 4.76. The van der Waals surface area contributed by atoms with Gasteiger partial charge in [-0.2, -0.15) is 0 Å². The summed E-state index contributed by atoms with van der Waals surface area (Å²) in [6, 6.07) is 16.6. The molecule has 0 radical (unpaired) electrons. The summed E-state index contributed by atoms with van der Waals surface area (Å²) in [4.78, 5) is 28.4. The average Bonchev–Trinajstić information content (AvgIpc) is 2.99. The number of rotatable bonds is 14. The van der Waals surface area contributed by atoms with Crippen molar-refractivity contribution in [3.8, 4) is 11.5 Å². The third-order valence-corrected chi connectivity index (χ3v) is 8.58. The Labute approximate surface area is 247 Å². The molecule has 0 aliphatic rings. The van der Waals surface area contributed by atoms with Crippen LogP contribution < -0.4 is 19.1 Å². The lowest BCUT2D eigenvalue weighted by Crippen LogP contribution is -2.52. The Morgan fingerprint density at radius 2 is 1.50 bits per heavy atom. The molecule has 0 unspecified atom stereocenters. The van der Waals surface area contributed by atoms with E-state index in [0.717, 1.165) is 22.0 Å². The molecule has 9 nitrogen and oxygen atoms in total. The number of amides is 2. The summed E-state index contributed by atoms with van der Waals surface area (Å²) in [6.07, 6.45) is 0.698. The van der Waals surface area contributed by atoms with E-state index in [0.29, 0.717) is 24.5 Å². The second kappa shape index (κ2) is 14.7. The number of hydrogen-bond acceptors (Lipinski definition) is 6. The molecule has 0 bridgehead atoms. The molecule has 0 fully saturated rings. The van der Waals surface area contributed by atoms with Gasteiger partial charge in [-0.1, -0.05) is 19.1 Å². The SMILES string of the molecule is CCOc1ccc(S(=O)(=O)N(CC(=O)N(Cc2ccc(OC)cc2)[C@@H](C)C(=O)N[C@H](C)CC)c2ccc(F)cc2)cc1. The van der Waals surface area contributed by atoms with Crippen LogP contribution in [0.4, 0.5) is 10.1 Å². The number of ether oxygens (including phenoxy) is 2. The van der Waals surface area contributed by atoms with E-state index >= 15 is 0 Å². The van der Waals surface area contributed by atoms with Gasteiger partial charge in [-0.3, -0.25) is 13.9 Å². The Morgan fingerprint density at radius 1 is 0.905 bits per heavy atom. The van der Waals surface area contributed by atoms with Gasteiger partial charge in [-0.05, 0) is 93.4 Å². The molecule has 2 atom stereocenters. The largest absolute Gasteiger partial charge is 0.497 e. The van der Waals surface area contributed by atoms with E-state index in [1.165, 1.54) is 41.3 Å². The minimum absolute atomic E-state index is 0.0400. The van der Waals surface area contributed by atoms with E-state index in [2.05, 4.69) is 5.32 Å². The van der Waals surface area contributed by atoms with Crippen molar-refractivity contribution in [3.63, 3.8) is 0 Å². The lowest BCUT2D eigenvalue weighted by atomic mass is 10.1. The maximum atomic E-state index is 14.0. The quantitative estimate of drug-likeness (QED) is 0.287. The fraction of sp³-hybridized carbons (Fsp3) is 0.355. The Kier molecular flexibility index (Phi) is 11.3. The fourth-order valence-corrected chi connectivity index (χ4v) is 5.53. The number of nitrogens with zero attached hydrogens (tertiary/aromatic N) is 2. The molecule has 3 aromatic rings. The van der Waals surface area contributed by atoms with Crippen LogP contribution in [0.2, 0.25) is 0 Å². The molecule has 0 saturated heterocycles. The fourth-order valence-electron chi connectivity index (χ4n) is 4.11. The lowest BCUT2D eigenvalue weighted by Gasteiger charge is -2.32. The zero-order valence-electron chi connectivity index (χ0n) is 24.5. The second-order valence-electron chi connectivity index (χ2n) is 9.76. The highest BCUT2D eigenvalue weighted by molar-refractivity contribution is 7.92. The van der Waals surface area contributed by atoms with Crippen LogP contribution in [-0.2, 0) is 26.2 Å². The van der Waals surface area contributed by atoms with Gasteiger partial charge in [-0.15, -0.1) is 0 Å². The van der Waals surface area contributed by atoms with E-state index in [9.17, 15) is 22.4 Å². The van der Waals surface area contributed by atoms with Crippen molar-refractivity contribution in [1.82, 2.24) is 10.2 Å². The maximum Gasteiger partial charge on any atom is 0.264 e. The number of carbonyl (C=O) groups is 2. The van der Waals surface area contributed by atoms with Crippen molar-refractivity contribution < 1.29 is 31.9 Å². The Balaban J connectivity index is 2.01. The van der Waals surface area contributed by atoms with E-state index in [1.54, 1.807) is 38.3 Å². The van der Waals surface area contributed by atoms with E-state index in [4.69, 9.17) is 9.47 Å². The summed E-state index contributed by atoms with van der Waals surface area (Å²) in [7, 11) is -2.74. The summed E-state index contributed by atoms with van der Waals surface area (Å²) in [5.74, 6) is -0.416. The smallest absolute Gasteiger partial charge is 0.264 e. The van der Waals surface area contributed by atoms with Crippen molar-refractivity contribution in [2.24, 2.45) is 0 Å². The second-order valence-corrected chi connectivity index (χ2v) is 11.6.